The molecule has 2 aromatic carbocycles. The number of carbonyl (C=O) groups excluding carboxylic acids is 1. The molecule has 0 unspecified atom stereocenters. The van der Waals surface area contributed by atoms with Crippen molar-refractivity contribution in [1.82, 2.24) is 10.2 Å². The summed E-state index contributed by atoms with van der Waals surface area (Å²) in [6.45, 7) is 0.112. The van der Waals surface area contributed by atoms with Crippen LogP contribution in [0.4, 0.5) is 5.69 Å². The highest BCUT2D eigenvalue weighted by atomic mass is 35.5. The van der Waals surface area contributed by atoms with Crippen LogP contribution in [0.1, 0.15) is 5.89 Å². The molecule has 0 spiro atoms. The second kappa shape index (κ2) is 9.68. The Labute approximate surface area is 175 Å². The third-order valence-corrected chi connectivity index (χ3v) is 4.69. The second-order valence-corrected chi connectivity index (χ2v) is 7.19. The zero-order chi connectivity index (χ0) is 19.9. The number of hydrogen-bond donors (Lipinski definition) is 1. The van der Waals surface area contributed by atoms with Crippen molar-refractivity contribution in [3.63, 3.8) is 0 Å². The monoisotopic (exact) mass is 439 g/mol. The summed E-state index contributed by atoms with van der Waals surface area (Å²) in [6, 6.07) is 11.9. The maximum absolute atomic E-state index is 12.2. The minimum atomic E-state index is -0.261. The van der Waals surface area contributed by atoms with E-state index < -0.39 is 0 Å². The van der Waals surface area contributed by atoms with Crippen molar-refractivity contribution in [2.45, 2.75) is 11.8 Å². The highest BCUT2D eigenvalue weighted by Crippen LogP contribution is 2.28. The molecule has 0 fully saturated rings. The molecule has 0 aliphatic rings. The Balaban J connectivity index is 1.49. The molecule has 7 nitrogen and oxygen atoms in total. The minimum Gasteiger partial charge on any atom is -0.495 e. The number of thioether (sulfide) groups is 1. The minimum absolute atomic E-state index is 0.0787. The number of hydrogen-bond acceptors (Lipinski definition) is 7. The van der Waals surface area contributed by atoms with Gasteiger partial charge in [-0.05, 0) is 42.5 Å². The summed E-state index contributed by atoms with van der Waals surface area (Å²) in [4.78, 5) is 12.2. The number of rotatable bonds is 8. The summed E-state index contributed by atoms with van der Waals surface area (Å²) < 4.78 is 16.2. The lowest BCUT2D eigenvalue weighted by molar-refractivity contribution is -0.113. The molecule has 146 valence electrons. The van der Waals surface area contributed by atoms with Gasteiger partial charge in [0.05, 0.1) is 18.6 Å². The Morgan fingerprint density at radius 2 is 1.89 bits per heavy atom. The first-order valence-electron chi connectivity index (χ1n) is 8.00. The average molecular weight is 440 g/mol. The molecular weight excluding hydrogens is 425 g/mol. The van der Waals surface area contributed by atoms with E-state index in [1.54, 1.807) is 42.5 Å². The lowest BCUT2D eigenvalue weighted by atomic mass is 10.3. The third-order valence-electron chi connectivity index (χ3n) is 3.39. The molecule has 10 heteroatoms. The number of methoxy groups -OCH3 is 1. The van der Waals surface area contributed by atoms with Crippen LogP contribution >= 0.6 is 35.0 Å². The molecule has 1 amide bonds. The molecule has 0 aliphatic heterocycles. The van der Waals surface area contributed by atoms with Crippen LogP contribution in [0.5, 0.6) is 11.5 Å². The van der Waals surface area contributed by atoms with E-state index in [0.717, 1.165) is 11.8 Å². The van der Waals surface area contributed by atoms with E-state index in [2.05, 4.69) is 15.5 Å². The summed E-state index contributed by atoms with van der Waals surface area (Å²) in [7, 11) is 1.51. The van der Waals surface area contributed by atoms with E-state index in [-0.39, 0.29) is 23.5 Å². The topological polar surface area (TPSA) is 86.5 Å². The Bertz CT molecular complexity index is 950. The lowest BCUT2D eigenvalue weighted by Crippen LogP contribution is -2.14. The molecule has 1 heterocycles. The van der Waals surface area contributed by atoms with Gasteiger partial charge in [0.2, 0.25) is 5.91 Å². The summed E-state index contributed by atoms with van der Waals surface area (Å²) >= 11 is 12.9. The molecule has 1 N–H and O–H groups in total. The van der Waals surface area contributed by atoms with Crippen LogP contribution in [-0.2, 0) is 11.4 Å². The van der Waals surface area contributed by atoms with Crippen molar-refractivity contribution in [3.8, 4) is 11.5 Å². The zero-order valence-electron chi connectivity index (χ0n) is 14.6. The van der Waals surface area contributed by atoms with E-state index in [4.69, 9.17) is 37.1 Å². The van der Waals surface area contributed by atoms with Gasteiger partial charge in [-0.15, -0.1) is 10.2 Å². The largest absolute Gasteiger partial charge is 0.495 e. The number of ether oxygens (including phenoxy) is 2. The molecule has 3 rings (SSSR count). The summed E-state index contributed by atoms with van der Waals surface area (Å²) in [5.41, 5.74) is 0.489. The highest BCUT2D eigenvalue weighted by Gasteiger charge is 2.12. The first kappa shape index (κ1) is 20.3. The fourth-order valence-electron chi connectivity index (χ4n) is 2.12. The summed E-state index contributed by atoms with van der Waals surface area (Å²) in [5, 5.41) is 11.9. The van der Waals surface area contributed by atoms with Crippen molar-refractivity contribution >= 4 is 46.6 Å². The van der Waals surface area contributed by atoms with Crippen molar-refractivity contribution < 1.29 is 18.7 Å². The van der Waals surface area contributed by atoms with E-state index >= 15 is 0 Å². The molecule has 0 bridgehead atoms. The van der Waals surface area contributed by atoms with Gasteiger partial charge in [-0.25, -0.2) is 0 Å². The number of carbonyl (C=O) groups is 1. The Morgan fingerprint density at radius 3 is 2.64 bits per heavy atom. The Morgan fingerprint density at radius 1 is 1.14 bits per heavy atom. The van der Waals surface area contributed by atoms with E-state index in [1.165, 1.54) is 7.11 Å². The van der Waals surface area contributed by atoms with Crippen LogP contribution < -0.4 is 14.8 Å². The van der Waals surface area contributed by atoms with Crippen LogP contribution in [0, 0.1) is 0 Å². The fraction of sp³-hybridized carbons (Fsp3) is 0.167. The second-order valence-electron chi connectivity index (χ2n) is 5.39. The number of anilines is 1. The molecular formula is C18H15Cl2N3O4S. The quantitative estimate of drug-likeness (QED) is 0.509. The number of nitrogens with one attached hydrogen (secondary N) is 1. The maximum Gasteiger partial charge on any atom is 0.277 e. The maximum atomic E-state index is 12.2. The number of benzene rings is 2. The fourth-order valence-corrected chi connectivity index (χ4v) is 3.00. The van der Waals surface area contributed by atoms with Crippen molar-refractivity contribution in [2.75, 3.05) is 18.2 Å². The summed E-state index contributed by atoms with van der Waals surface area (Å²) in [6.07, 6.45) is 0. The van der Waals surface area contributed by atoms with Crippen LogP contribution in [0.15, 0.2) is 52.1 Å². The normalized spacial score (nSPS) is 10.5. The molecule has 1 aromatic heterocycles. The van der Waals surface area contributed by atoms with Crippen molar-refractivity contribution in [1.29, 1.82) is 0 Å². The zero-order valence-corrected chi connectivity index (χ0v) is 17.0. The number of aromatic nitrogens is 2. The van der Waals surface area contributed by atoms with Crippen molar-refractivity contribution in [3.05, 3.63) is 58.4 Å². The molecule has 0 radical (unpaired) electrons. The van der Waals surface area contributed by atoms with Gasteiger partial charge in [-0.3, -0.25) is 4.79 Å². The van der Waals surface area contributed by atoms with Crippen LogP contribution in [0.2, 0.25) is 10.0 Å². The van der Waals surface area contributed by atoms with Gasteiger partial charge in [0.15, 0.2) is 6.61 Å². The smallest absolute Gasteiger partial charge is 0.277 e. The number of halogens is 2. The molecule has 28 heavy (non-hydrogen) atoms. The first-order chi connectivity index (χ1) is 13.5. The van der Waals surface area contributed by atoms with Gasteiger partial charge < -0.3 is 19.2 Å². The van der Waals surface area contributed by atoms with E-state index in [1.807, 2.05) is 0 Å². The number of nitrogens with zero attached hydrogens (tertiary/aromatic N) is 2. The predicted molar refractivity (Wildman–Crippen MR) is 107 cm³/mol. The first-order valence-corrected chi connectivity index (χ1v) is 9.74. The standard InChI is InChI=1S/C18H15Cl2N3O4S/c1-25-15-7-4-12(20)8-14(15)21-16(24)10-28-18-23-22-17(27-18)9-26-13-5-2-11(19)3-6-13/h2-8H,9-10H2,1H3,(H,21,24). The molecule has 3 aromatic rings. The van der Waals surface area contributed by atoms with Crippen LogP contribution in [0.3, 0.4) is 0 Å². The molecule has 0 aliphatic carbocycles. The summed E-state index contributed by atoms with van der Waals surface area (Å²) in [5.74, 6) is 1.26. The lowest BCUT2D eigenvalue weighted by Gasteiger charge is -2.09. The molecule has 0 saturated carbocycles. The Hall–Kier alpha value is -2.42. The van der Waals surface area contributed by atoms with Gasteiger partial charge in [0.25, 0.3) is 11.1 Å². The van der Waals surface area contributed by atoms with Gasteiger partial charge in [0, 0.05) is 10.0 Å². The molecule has 0 atom stereocenters. The van der Waals surface area contributed by atoms with Crippen molar-refractivity contribution in [2.24, 2.45) is 0 Å². The van der Waals surface area contributed by atoms with E-state index in [0.29, 0.717) is 33.1 Å². The van der Waals surface area contributed by atoms with Gasteiger partial charge in [-0.1, -0.05) is 35.0 Å². The highest BCUT2D eigenvalue weighted by molar-refractivity contribution is 7.99. The van der Waals surface area contributed by atoms with Crippen LogP contribution in [-0.4, -0.2) is 29.0 Å². The van der Waals surface area contributed by atoms with E-state index in [9.17, 15) is 4.79 Å². The van der Waals surface area contributed by atoms with Gasteiger partial charge in [0.1, 0.15) is 11.5 Å². The van der Waals surface area contributed by atoms with Gasteiger partial charge >= 0.3 is 0 Å². The number of amides is 1. The third kappa shape index (κ3) is 5.79. The Kier molecular flexibility index (Phi) is 7.02. The SMILES string of the molecule is COc1ccc(Cl)cc1NC(=O)CSc1nnc(COc2ccc(Cl)cc2)o1. The molecule has 0 saturated heterocycles. The van der Waals surface area contributed by atoms with Crippen LogP contribution in [0.25, 0.3) is 0 Å². The van der Waals surface area contributed by atoms with Gasteiger partial charge in [-0.2, -0.15) is 0 Å². The predicted octanol–water partition coefficient (Wildman–Crippen LogP) is 4.69. The average Bonchev–Trinajstić information content (AvgIpc) is 3.14.